The van der Waals surface area contributed by atoms with Gasteiger partial charge in [0.25, 0.3) is 0 Å². The van der Waals surface area contributed by atoms with Crippen LogP contribution < -0.4 is 0 Å². The van der Waals surface area contributed by atoms with E-state index < -0.39 is 23.8 Å². The fourth-order valence-corrected chi connectivity index (χ4v) is 3.68. The number of aryl methyl sites for hydroxylation is 1. The predicted octanol–water partition coefficient (Wildman–Crippen LogP) is 4.34. The van der Waals surface area contributed by atoms with Crippen molar-refractivity contribution in [1.82, 2.24) is 0 Å². The Balaban J connectivity index is 1.87. The van der Waals surface area contributed by atoms with Gasteiger partial charge in [-0.25, -0.2) is 8.78 Å². The summed E-state index contributed by atoms with van der Waals surface area (Å²) in [6.07, 6.45) is 0.00300. The molecule has 0 radical (unpaired) electrons. The molecular weight excluding hydrogens is 374 g/mol. The highest BCUT2D eigenvalue weighted by Crippen LogP contribution is 2.34. The van der Waals surface area contributed by atoms with Crippen molar-refractivity contribution in [2.24, 2.45) is 0 Å². The van der Waals surface area contributed by atoms with Gasteiger partial charge in [-0.3, -0.25) is 0 Å². The van der Waals surface area contributed by atoms with E-state index in [-0.39, 0.29) is 24.7 Å². The molecule has 1 aliphatic heterocycles. The Hall–Kier alpha value is -1.53. The van der Waals surface area contributed by atoms with Gasteiger partial charge in [0.15, 0.2) is 11.6 Å². The second-order valence-electron chi connectivity index (χ2n) is 6.95. The molecule has 27 heavy (non-hydrogen) atoms. The van der Waals surface area contributed by atoms with E-state index in [1.165, 1.54) is 0 Å². The van der Waals surface area contributed by atoms with E-state index in [1.807, 2.05) is 0 Å². The molecule has 3 rings (SSSR count). The molecule has 2 aromatic rings. The summed E-state index contributed by atoms with van der Waals surface area (Å²) in [5.74, 6) is -1.66. The van der Waals surface area contributed by atoms with E-state index in [9.17, 15) is 19.0 Å². The Kier molecular flexibility index (Phi) is 6.48. The summed E-state index contributed by atoms with van der Waals surface area (Å²) < 4.78 is 34.3. The monoisotopic (exact) mass is 396 g/mol. The minimum Gasteiger partial charge on any atom is -0.394 e. The fraction of sp³-hybridized carbons (Fsp3) is 0.429. The Labute approximate surface area is 162 Å². The van der Waals surface area contributed by atoms with E-state index in [0.29, 0.717) is 35.4 Å². The zero-order chi connectivity index (χ0) is 19.6. The van der Waals surface area contributed by atoms with Gasteiger partial charge in [-0.2, -0.15) is 0 Å². The van der Waals surface area contributed by atoms with Crippen LogP contribution in [0.3, 0.4) is 0 Å². The van der Waals surface area contributed by atoms with Crippen LogP contribution in [0.2, 0.25) is 5.02 Å². The molecule has 1 aliphatic rings. The van der Waals surface area contributed by atoms with Crippen LogP contribution in [0.15, 0.2) is 30.3 Å². The lowest BCUT2D eigenvalue weighted by Crippen LogP contribution is -2.33. The summed E-state index contributed by atoms with van der Waals surface area (Å²) in [5.41, 5.74) is 2.02. The maximum Gasteiger partial charge on any atom is 0.162 e. The lowest BCUT2D eigenvalue weighted by molar-refractivity contribution is -0.113. The van der Waals surface area contributed by atoms with E-state index >= 15 is 0 Å². The number of benzene rings is 2. The smallest absolute Gasteiger partial charge is 0.162 e. The number of aliphatic hydroxyl groups is 2. The molecule has 0 spiro atoms. The lowest BCUT2D eigenvalue weighted by Gasteiger charge is -2.32. The quantitative estimate of drug-likeness (QED) is 0.790. The van der Waals surface area contributed by atoms with Crippen LogP contribution in [0.25, 0.3) is 0 Å². The van der Waals surface area contributed by atoms with Gasteiger partial charge in [-0.15, -0.1) is 0 Å². The maximum atomic E-state index is 14.4. The van der Waals surface area contributed by atoms with Crippen LogP contribution in [0.1, 0.15) is 48.1 Å². The van der Waals surface area contributed by atoms with Gasteiger partial charge in [0, 0.05) is 24.3 Å². The molecule has 0 amide bonds. The van der Waals surface area contributed by atoms with Crippen molar-refractivity contribution < 1.29 is 23.7 Å². The Morgan fingerprint density at radius 3 is 2.48 bits per heavy atom. The van der Waals surface area contributed by atoms with Crippen LogP contribution in [-0.4, -0.2) is 29.0 Å². The molecule has 2 N–H and O–H groups in total. The summed E-state index contributed by atoms with van der Waals surface area (Å²) in [4.78, 5) is 0. The highest BCUT2D eigenvalue weighted by Gasteiger charge is 2.29. The largest absolute Gasteiger partial charge is 0.394 e. The van der Waals surface area contributed by atoms with Gasteiger partial charge in [-0.1, -0.05) is 42.8 Å². The number of hydrogen-bond donors (Lipinski definition) is 2. The van der Waals surface area contributed by atoms with E-state index in [1.54, 1.807) is 37.3 Å². The third-order valence-corrected chi connectivity index (χ3v) is 5.40. The first kappa shape index (κ1) is 20.2. The van der Waals surface area contributed by atoms with Gasteiger partial charge < -0.3 is 14.9 Å². The molecular formula is C21H23ClF2O3. The zero-order valence-electron chi connectivity index (χ0n) is 15.1. The van der Waals surface area contributed by atoms with Gasteiger partial charge in [0.2, 0.25) is 0 Å². The van der Waals surface area contributed by atoms with Crippen LogP contribution in [-0.2, 0) is 17.6 Å². The summed E-state index contributed by atoms with van der Waals surface area (Å²) in [6.45, 7) is 1.61. The Morgan fingerprint density at radius 2 is 1.78 bits per heavy atom. The van der Waals surface area contributed by atoms with Crippen molar-refractivity contribution >= 4 is 11.6 Å². The van der Waals surface area contributed by atoms with E-state index in [2.05, 4.69) is 0 Å². The molecule has 0 aromatic heterocycles. The fourth-order valence-electron chi connectivity index (χ4n) is 3.50. The summed E-state index contributed by atoms with van der Waals surface area (Å²) in [6, 6.07) is 8.46. The minimum atomic E-state index is -0.847. The average Bonchev–Trinajstić information content (AvgIpc) is 2.66. The minimum absolute atomic E-state index is 0.151. The first-order valence-corrected chi connectivity index (χ1v) is 9.49. The van der Waals surface area contributed by atoms with Crippen molar-refractivity contribution in [2.75, 3.05) is 6.61 Å². The molecule has 3 atom stereocenters. The van der Waals surface area contributed by atoms with Crippen molar-refractivity contribution in [2.45, 2.75) is 50.9 Å². The number of aliphatic hydroxyl groups excluding tert-OH is 2. The molecule has 3 unspecified atom stereocenters. The van der Waals surface area contributed by atoms with Crippen molar-refractivity contribution in [1.29, 1.82) is 0 Å². The van der Waals surface area contributed by atoms with Crippen LogP contribution in [0, 0.1) is 11.6 Å². The molecule has 1 heterocycles. The van der Waals surface area contributed by atoms with Crippen LogP contribution in [0.4, 0.5) is 8.78 Å². The molecule has 146 valence electrons. The number of hydrogen-bond acceptors (Lipinski definition) is 3. The van der Waals surface area contributed by atoms with Crippen LogP contribution >= 0.6 is 11.6 Å². The standard InChI is InChI=1S/C21H23ClF2O3/c1-2-12-3-4-14(21(24)20(12)23)8-15-7-13(5-6-18(15)22)19-10-16(26)9-17(11-25)27-19/h3-7,16-17,19,25-26H,2,8-11H2,1H3. The van der Waals surface area contributed by atoms with Gasteiger partial charge in [-0.05, 0) is 34.7 Å². The molecule has 0 saturated carbocycles. The zero-order valence-corrected chi connectivity index (χ0v) is 15.8. The SMILES string of the molecule is CCc1ccc(Cc2cc(C3CC(O)CC(CO)O3)ccc2Cl)c(F)c1F. The average molecular weight is 397 g/mol. The number of ether oxygens (including phenoxy) is 1. The topological polar surface area (TPSA) is 49.7 Å². The summed E-state index contributed by atoms with van der Waals surface area (Å²) in [7, 11) is 0. The maximum absolute atomic E-state index is 14.4. The summed E-state index contributed by atoms with van der Waals surface area (Å²) in [5, 5.41) is 19.8. The third-order valence-electron chi connectivity index (χ3n) is 5.03. The van der Waals surface area contributed by atoms with Crippen molar-refractivity contribution in [3.8, 4) is 0 Å². The van der Waals surface area contributed by atoms with Gasteiger partial charge in [0.05, 0.1) is 24.9 Å². The Bertz CT molecular complexity index is 812. The van der Waals surface area contributed by atoms with Crippen molar-refractivity contribution in [3.63, 3.8) is 0 Å². The lowest BCUT2D eigenvalue weighted by atomic mass is 9.93. The first-order valence-electron chi connectivity index (χ1n) is 9.11. The second-order valence-corrected chi connectivity index (χ2v) is 7.35. The second kappa shape index (κ2) is 8.65. The van der Waals surface area contributed by atoms with Gasteiger partial charge in [0.1, 0.15) is 0 Å². The normalized spacial score (nSPS) is 22.8. The first-order chi connectivity index (χ1) is 12.9. The Morgan fingerprint density at radius 1 is 1.07 bits per heavy atom. The molecule has 3 nitrogen and oxygen atoms in total. The third kappa shape index (κ3) is 4.49. The molecule has 2 aromatic carbocycles. The van der Waals surface area contributed by atoms with Gasteiger partial charge >= 0.3 is 0 Å². The van der Waals surface area contributed by atoms with Crippen molar-refractivity contribution in [3.05, 3.63) is 69.2 Å². The highest BCUT2D eigenvalue weighted by molar-refractivity contribution is 6.31. The molecule has 6 heteroatoms. The predicted molar refractivity (Wildman–Crippen MR) is 99.9 cm³/mol. The van der Waals surface area contributed by atoms with Crippen LogP contribution in [0.5, 0.6) is 0 Å². The molecule has 1 saturated heterocycles. The highest BCUT2D eigenvalue weighted by atomic mass is 35.5. The number of rotatable bonds is 5. The molecule has 0 bridgehead atoms. The van der Waals surface area contributed by atoms with E-state index in [4.69, 9.17) is 16.3 Å². The number of halogens is 3. The molecule has 1 fully saturated rings. The molecule has 0 aliphatic carbocycles. The summed E-state index contributed by atoms with van der Waals surface area (Å²) >= 11 is 6.27. The van der Waals surface area contributed by atoms with E-state index in [0.717, 1.165) is 5.56 Å².